The van der Waals surface area contributed by atoms with Crippen LogP contribution in [0.15, 0.2) is 41.3 Å². The highest BCUT2D eigenvalue weighted by Gasteiger charge is 2.40. The molecule has 4 rings (SSSR count). The monoisotopic (exact) mass is 412 g/mol. The van der Waals surface area contributed by atoms with E-state index in [1.54, 1.807) is 25.1 Å². The van der Waals surface area contributed by atoms with Crippen LogP contribution in [-0.4, -0.2) is 20.4 Å². The topological polar surface area (TPSA) is 75.3 Å². The van der Waals surface area contributed by atoms with Gasteiger partial charge in [0, 0.05) is 17.3 Å². The van der Waals surface area contributed by atoms with Crippen LogP contribution in [0.1, 0.15) is 52.7 Å². The van der Waals surface area contributed by atoms with Crippen molar-refractivity contribution in [1.82, 2.24) is 5.32 Å². The van der Waals surface area contributed by atoms with Crippen molar-refractivity contribution in [2.75, 3.05) is 4.72 Å². The second-order valence-corrected chi connectivity index (χ2v) is 10.3. The molecule has 2 aliphatic carbocycles. The largest absolute Gasteiger partial charge is 0.349 e. The molecular formula is C23H28N2O3S. The first-order valence-corrected chi connectivity index (χ1v) is 11.7. The molecule has 2 saturated carbocycles. The Balaban J connectivity index is 1.55. The Labute approximate surface area is 173 Å². The summed E-state index contributed by atoms with van der Waals surface area (Å²) in [6.07, 6.45) is 4.71. The van der Waals surface area contributed by atoms with Crippen LogP contribution in [0.2, 0.25) is 0 Å². The van der Waals surface area contributed by atoms with Crippen LogP contribution in [0.4, 0.5) is 5.69 Å². The molecule has 2 N–H and O–H groups in total. The molecule has 0 heterocycles. The van der Waals surface area contributed by atoms with Crippen LogP contribution in [0.25, 0.3) is 0 Å². The molecule has 0 radical (unpaired) electrons. The normalized spacial score (nSPS) is 23.2. The Hall–Kier alpha value is -2.34. The van der Waals surface area contributed by atoms with E-state index in [0.717, 1.165) is 23.5 Å². The number of hydrogen-bond donors (Lipinski definition) is 2. The summed E-state index contributed by atoms with van der Waals surface area (Å²) in [7, 11) is -3.80. The molecule has 29 heavy (non-hydrogen) atoms. The number of benzene rings is 2. The van der Waals surface area contributed by atoms with Gasteiger partial charge in [-0.2, -0.15) is 0 Å². The average molecular weight is 413 g/mol. The van der Waals surface area contributed by atoms with E-state index in [1.165, 1.54) is 25.3 Å². The summed E-state index contributed by atoms with van der Waals surface area (Å²) >= 11 is 0. The molecule has 3 atom stereocenters. The van der Waals surface area contributed by atoms with Gasteiger partial charge in [0.15, 0.2) is 0 Å². The van der Waals surface area contributed by atoms with Gasteiger partial charge < -0.3 is 5.32 Å². The molecule has 0 spiro atoms. The van der Waals surface area contributed by atoms with E-state index in [2.05, 4.69) is 10.0 Å². The van der Waals surface area contributed by atoms with Crippen molar-refractivity contribution < 1.29 is 13.2 Å². The quantitative estimate of drug-likeness (QED) is 0.767. The highest BCUT2D eigenvalue weighted by molar-refractivity contribution is 7.92. The zero-order chi connectivity index (χ0) is 20.8. The number of anilines is 1. The molecule has 2 aliphatic rings. The van der Waals surface area contributed by atoms with Crippen LogP contribution < -0.4 is 10.0 Å². The zero-order valence-electron chi connectivity index (χ0n) is 17.2. The number of fused-ring (bicyclic) bond motifs is 2. The molecule has 0 aromatic heterocycles. The van der Waals surface area contributed by atoms with Crippen LogP contribution in [0, 0.1) is 32.6 Å². The summed E-state index contributed by atoms with van der Waals surface area (Å²) in [5, 5.41) is 3.13. The maximum absolute atomic E-state index is 13.0. The number of carbonyl (C=O) groups is 1. The van der Waals surface area contributed by atoms with Gasteiger partial charge in [0.1, 0.15) is 0 Å². The van der Waals surface area contributed by atoms with Crippen molar-refractivity contribution in [3.05, 3.63) is 58.7 Å². The van der Waals surface area contributed by atoms with Gasteiger partial charge in [-0.05, 0) is 92.8 Å². The van der Waals surface area contributed by atoms with E-state index in [0.29, 0.717) is 22.7 Å². The maximum Gasteiger partial charge on any atom is 0.262 e. The minimum atomic E-state index is -3.80. The first-order chi connectivity index (χ1) is 13.7. The standard InChI is InChI=1S/C23H28N2O3S/c1-14-5-9-20(10-16(14)3)25-29(27,28)22-13-19(7-4-15(22)2)23(26)24-21-12-17-6-8-18(21)11-17/h4-5,7,9-10,13,17-18,21,25H,6,8,11-12H2,1-3H3,(H,24,26)/t17-,18-,21+/m0/s1. The molecule has 2 fully saturated rings. The van der Waals surface area contributed by atoms with E-state index in [9.17, 15) is 13.2 Å². The van der Waals surface area contributed by atoms with Crippen LogP contribution in [-0.2, 0) is 10.0 Å². The molecular weight excluding hydrogens is 384 g/mol. The highest BCUT2D eigenvalue weighted by Crippen LogP contribution is 2.44. The van der Waals surface area contributed by atoms with E-state index < -0.39 is 10.0 Å². The summed E-state index contributed by atoms with van der Waals surface area (Å²) in [6, 6.07) is 10.6. The summed E-state index contributed by atoms with van der Waals surface area (Å²) in [4.78, 5) is 12.9. The lowest BCUT2D eigenvalue weighted by atomic mass is 9.95. The van der Waals surface area contributed by atoms with E-state index >= 15 is 0 Å². The summed E-state index contributed by atoms with van der Waals surface area (Å²) in [5.41, 5.74) is 3.63. The second kappa shape index (κ2) is 7.48. The number of nitrogens with one attached hydrogen (secondary N) is 2. The summed E-state index contributed by atoms with van der Waals surface area (Å²) in [5.74, 6) is 1.12. The fourth-order valence-corrected chi connectivity index (χ4v) is 6.04. The highest BCUT2D eigenvalue weighted by atomic mass is 32.2. The molecule has 154 valence electrons. The van der Waals surface area contributed by atoms with Crippen LogP contribution in [0.5, 0.6) is 0 Å². The van der Waals surface area contributed by atoms with Crippen molar-refractivity contribution in [1.29, 1.82) is 0 Å². The average Bonchev–Trinajstić information content (AvgIpc) is 3.27. The number of sulfonamides is 1. The van der Waals surface area contributed by atoms with Gasteiger partial charge in [0.25, 0.3) is 15.9 Å². The van der Waals surface area contributed by atoms with Crippen LogP contribution in [0.3, 0.4) is 0 Å². The number of rotatable bonds is 5. The summed E-state index contributed by atoms with van der Waals surface area (Å²) in [6.45, 7) is 5.67. The Morgan fingerprint density at radius 1 is 0.931 bits per heavy atom. The molecule has 2 aromatic carbocycles. The Morgan fingerprint density at radius 2 is 1.69 bits per heavy atom. The van der Waals surface area contributed by atoms with Crippen LogP contribution >= 0.6 is 0 Å². The predicted molar refractivity (Wildman–Crippen MR) is 115 cm³/mol. The zero-order valence-corrected chi connectivity index (χ0v) is 18.0. The smallest absolute Gasteiger partial charge is 0.262 e. The third-order valence-corrected chi connectivity index (χ3v) is 8.08. The molecule has 0 aliphatic heterocycles. The summed E-state index contributed by atoms with van der Waals surface area (Å²) < 4.78 is 28.6. The lowest BCUT2D eigenvalue weighted by Crippen LogP contribution is -2.38. The van der Waals surface area contributed by atoms with E-state index in [-0.39, 0.29) is 16.8 Å². The molecule has 1 amide bonds. The molecule has 2 bridgehead atoms. The van der Waals surface area contributed by atoms with Gasteiger partial charge in [0.2, 0.25) is 0 Å². The molecule has 0 unspecified atom stereocenters. The Kier molecular flexibility index (Phi) is 5.15. The van der Waals surface area contributed by atoms with Gasteiger partial charge in [-0.15, -0.1) is 0 Å². The lowest BCUT2D eigenvalue weighted by molar-refractivity contribution is 0.0922. The van der Waals surface area contributed by atoms with Crippen molar-refractivity contribution in [2.24, 2.45) is 11.8 Å². The van der Waals surface area contributed by atoms with Crippen molar-refractivity contribution >= 4 is 21.6 Å². The number of carbonyl (C=O) groups excluding carboxylic acids is 1. The van der Waals surface area contributed by atoms with E-state index in [1.807, 2.05) is 26.0 Å². The minimum absolute atomic E-state index is 0.135. The molecule has 5 nitrogen and oxygen atoms in total. The fourth-order valence-electron chi connectivity index (χ4n) is 4.72. The Morgan fingerprint density at radius 3 is 2.34 bits per heavy atom. The number of hydrogen-bond acceptors (Lipinski definition) is 3. The number of amides is 1. The maximum atomic E-state index is 13.0. The first kappa shape index (κ1) is 20.0. The minimum Gasteiger partial charge on any atom is -0.349 e. The van der Waals surface area contributed by atoms with Gasteiger partial charge in [-0.25, -0.2) is 8.42 Å². The number of aryl methyl sites for hydroxylation is 3. The fraction of sp³-hybridized carbons (Fsp3) is 0.435. The van der Waals surface area contributed by atoms with Gasteiger partial charge in [0.05, 0.1) is 4.90 Å². The van der Waals surface area contributed by atoms with Crippen molar-refractivity contribution in [3.63, 3.8) is 0 Å². The third kappa shape index (κ3) is 4.04. The molecule has 2 aromatic rings. The van der Waals surface area contributed by atoms with Gasteiger partial charge >= 0.3 is 0 Å². The first-order valence-electron chi connectivity index (χ1n) is 10.2. The van der Waals surface area contributed by atoms with Crippen molar-refractivity contribution in [3.8, 4) is 0 Å². The van der Waals surface area contributed by atoms with Gasteiger partial charge in [-0.1, -0.05) is 18.6 Å². The Bertz CT molecular complexity index is 1060. The van der Waals surface area contributed by atoms with Crippen molar-refractivity contribution in [2.45, 2.75) is 57.4 Å². The third-order valence-electron chi connectivity index (χ3n) is 6.55. The van der Waals surface area contributed by atoms with E-state index in [4.69, 9.17) is 0 Å². The van der Waals surface area contributed by atoms with Gasteiger partial charge in [-0.3, -0.25) is 9.52 Å². The second-order valence-electron chi connectivity index (χ2n) is 8.64. The molecule has 6 heteroatoms. The predicted octanol–water partition coefficient (Wildman–Crippen LogP) is 4.33. The SMILES string of the molecule is Cc1ccc(NS(=O)(=O)c2cc(C(=O)N[C@@H]3C[C@H]4CC[C@H]3C4)ccc2C)cc1C. The lowest BCUT2D eigenvalue weighted by Gasteiger charge is -2.23. The molecule has 0 saturated heterocycles.